The Hall–Kier alpha value is -2.95. The molecule has 0 atom stereocenters. The molecule has 0 aliphatic carbocycles. The highest BCUT2D eigenvalue weighted by molar-refractivity contribution is 7.89. The molecule has 0 bridgehead atoms. The standard InChI is InChI=1S/C26H33N3O5S2/c1-5-7-15-29(16-8-6-2)36(31,32)21-12-9-19(10-13-21)25(30)28-26-27-22(18-35-26)20-11-14-23(33-3)24(17-20)34-4/h9-14,17-18H,5-8,15-16H2,1-4H3,(H,27,28,30). The first-order chi connectivity index (χ1) is 17.3. The number of nitrogens with one attached hydrogen (secondary N) is 1. The van der Waals surface area contributed by atoms with Crippen molar-refractivity contribution in [3.05, 3.63) is 53.4 Å². The maximum atomic E-state index is 13.1. The van der Waals surface area contributed by atoms with E-state index in [1.165, 1.54) is 35.6 Å². The summed E-state index contributed by atoms with van der Waals surface area (Å²) in [5.41, 5.74) is 1.87. The fourth-order valence-electron chi connectivity index (χ4n) is 3.58. The quantitative estimate of drug-likeness (QED) is 0.305. The Morgan fingerprint density at radius 1 is 0.972 bits per heavy atom. The third kappa shape index (κ3) is 6.63. The van der Waals surface area contributed by atoms with Crippen molar-refractivity contribution in [2.75, 3.05) is 32.6 Å². The van der Waals surface area contributed by atoms with Gasteiger partial charge in [-0.25, -0.2) is 13.4 Å². The summed E-state index contributed by atoms with van der Waals surface area (Å²) in [4.78, 5) is 17.5. The third-order valence-electron chi connectivity index (χ3n) is 5.68. The molecule has 1 amide bonds. The Bertz CT molecular complexity index is 1250. The monoisotopic (exact) mass is 531 g/mol. The number of hydrogen-bond acceptors (Lipinski definition) is 7. The SMILES string of the molecule is CCCCN(CCCC)S(=O)(=O)c1ccc(C(=O)Nc2nc(-c3ccc(OC)c(OC)c3)cs2)cc1. The molecule has 0 radical (unpaired) electrons. The highest BCUT2D eigenvalue weighted by Crippen LogP contribution is 2.33. The first kappa shape index (κ1) is 27.6. The first-order valence-corrected chi connectivity index (χ1v) is 14.3. The molecule has 1 heterocycles. The zero-order chi connectivity index (χ0) is 26.1. The maximum absolute atomic E-state index is 13.1. The molecule has 2 aromatic carbocycles. The number of thiazole rings is 1. The van der Waals surface area contributed by atoms with Crippen molar-refractivity contribution in [3.8, 4) is 22.8 Å². The summed E-state index contributed by atoms with van der Waals surface area (Å²) in [6.45, 7) is 5.07. The number of ether oxygens (including phenoxy) is 2. The van der Waals surface area contributed by atoms with Gasteiger partial charge in [0.2, 0.25) is 10.0 Å². The van der Waals surface area contributed by atoms with Crippen LogP contribution in [0.15, 0.2) is 52.7 Å². The van der Waals surface area contributed by atoms with Crippen LogP contribution in [-0.4, -0.2) is 50.9 Å². The van der Waals surface area contributed by atoms with E-state index < -0.39 is 10.0 Å². The van der Waals surface area contributed by atoms with Crippen LogP contribution in [0.3, 0.4) is 0 Å². The Labute approximate surface area is 217 Å². The van der Waals surface area contributed by atoms with E-state index in [1.807, 2.05) is 31.4 Å². The van der Waals surface area contributed by atoms with Gasteiger partial charge in [0, 0.05) is 29.6 Å². The van der Waals surface area contributed by atoms with Gasteiger partial charge in [-0.05, 0) is 55.3 Å². The zero-order valence-corrected chi connectivity index (χ0v) is 22.7. The molecule has 0 saturated carbocycles. The van der Waals surface area contributed by atoms with Crippen LogP contribution in [0.4, 0.5) is 5.13 Å². The molecular formula is C26H33N3O5S2. The van der Waals surface area contributed by atoms with Gasteiger partial charge in [-0.15, -0.1) is 11.3 Å². The van der Waals surface area contributed by atoms with E-state index in [1.54, 1.807) is 24.6 Å². The number of hydrogen-bond donors (Lipinski definition) is 1. The van der Waals surface area contributed by atoms with E-state index in [0.29, 0.717) is 41.0 Å². The zero-order valence-electron chi connectivity index (χ0n) is 21.1. The molecule has 0 spiro atoms. The van der Waals surface area contributed by atoms with Crippen molar-refractivity contribution in [1.82, 2.24) is 9.29 Å². The predicted molar refractivity (Wildman–Crippen MR) is 144 cm³/mol. The van der Waals surface area contributed by atoms with Crippen LogP contribution in [-0.2, 0) is 10.0 Å². The molecule has 194 valence electrons. The van der Waals surface area contributed by atoms with Gasteiger partial charge in [0.05, 0.1) is 24.8 Å². The predicted octanol–water partition coefficient (Wildman–Crippen LogP) is 5.67. The molecule has 1 N–H and O–H groups in total. The van der Waals surface area contributed by atoms with E-state index in [0.717, 1.165) is 31.2 Å². The molecular weight excluding hydrogens is 498 g/mol. The number of anilines is 1. The topological polar surface area (TPSA) is 97.8 Å². The normalized spacial score (nSPS) is 11.5. The Balaban J connectivity index is 1.71. The van der Waals surface area contributed by atoms with Gasteiger partial charge >= 0.3 is 0 Å². The largest absolute Gasteiger partial charge is 0.493 e. The second-order valence-corrected chi connectivity index (χ2v) is 11.0. The van der Waals surface area contributed by atoms with E-state index in [-0.39, 0.29) is 10.8 Å². The van der Waals surface area contributed by atoms with Crippen LogP contribution in [0, 0.1) is 0 Å². The van der Waals surface area contributed by atoms with Gasteiger partial charge < -0.3 is 9.47 Å². The number of nitrogens with zero attached hydrogens (tertiary/aromatic N) is 2. The van der Waals surface area contributed by atoms with Crippen molar-refractivity contribution >= 4 is 32.4 Å². The fraction of sp³-hybridized carbons (Fsp3) is 0.385. The van der Waals surface area contributed by atoms with Crippen molar-refractivity contribution in [1.29, 1.82) is 0 Å². The van der Waals surface area contributed by atoms with Gasteiger partial charge in [-0.2, -0.15) is 4.31 Å². The van der Waals surface area contributed by atoms with Gasteiger partial charge in [-0.1, -0.05) is 26.7 Å². The molecule has 0 aliphatic heterocycles. The second kappa shape index (κ2) is 12.8. The maximum Gasteiger partial charge on any atom is 0.257 e. The van der Waals surface area contributed by atoms with Crippen molar-refractivity contribution in [2.45, 2.75) is 44.4 Å². The summed E-state index contributed by atoms with van der Waals surface area (Å²) >= 11 is 1.30. The second-order valence-electron chi connectivity index (χ2n) is 8.20. The Morgan fingerprint density at radius 3 is 2.19 bits per heavy atom. The van der Waals surface area contributed by atoms with Crippen LogP contribution in [0.5, 0.6) is 11.5 Å². The van der Waals surface area contributed by atoms with Crippen LogP contribution in [0.2, 0.25) is 0 Å². The van der Waals surface area contributed by atoms with Crippen LogP contribution in [0.1, 0.15) is 49.9 Å². The lowest BCUT2D eigenvalue weighted by Crippen LogP contribution is -2.33. The minimum atomic E-state index is -3.61. The van der Waals surface area contributed by atoms with Crippen molar-refractivity contribution in [2.24, 2.45) is 0 Å². The van der Waals surface area contributed by atoms with Crippen LogP contribution >= 0.6 is 11.3 Å². The minimum Gasteiger partial charge on any atom is -0.493 e. The molecule has 1 aromatic heterocycles. The summed E-state index contributed by atoms with van der Waals surface area (Å²) in [6, 6.07) is 11.5. The highest BCUT2D eigenvalue weighted by atomic mass is 32.2. The molecule has 3 rings (SSSR count). The highest BCUT2D eigenvalue weighted by Gasteiger charge is 2.24. The van der Waals surface area contributed by atoms with Crippen LogP contribution in [0.25, 0.3) is 11.3 Å². The molecule has 0 unspecified atom stereocenters. The molecule has 0 aliphatic rings. The smallest absolute Gasteiger partial charge is 0.257 e. The number of carbonyl (C=O) groups is 1. The first-order valence-electron chi connectivity index (χ1n) is 11.9. The molecule has 3 aromatic rings. The number of benzene rings is 2. The fourth-order valence-corrected chi connectivity index (χ4v) is 5.81. The molecule has 0 fully saturated rings. The molecule has 10 heteroatoms. The van der Waals surface area contributed by atoms with Gasteiger partial charge in [0.25, 0.3) is 5.91 Å². The number of rotatable bonds is 13. The summed E-state index contributed by atoms with van der Waals surface area (Å²) < 4.78 is 38.4. The summed E-state index contributed by atoms with van der Waals surface area (Å²) in [5.74, 6) is 0.849. The summed E-state index contributed by atoms with van der Waals surface area (Å²) in [6.07, 6.45) is 3.45. The number of unbranched alkanes of at least 4 members (excludes halogenated alkanes) is 2. The number of carbonyl (C=O) groups excluding carboxylic acids is 1. The van der Waals surface area contributed by atoms with E-state index >= 15 is 0 Å². The molecule has 0 saturated heterocycles. The Morgan fingerprint density at radius 2 is 1.61 bits per heavy atom. The number of aromatic nitrogens is 1. The minimum absolute atomic E-state index is 0.191. The van der Waals surface area contributed by atoms with Crippen molar-refractivity contribution in [3.63, 3.8) is 0 Å². The average Bonchev–Trinajstić information content (AvgIpc) is 3.36. The van der Waals surface area contributed by atoms with Gasteiger partial charge in [0.15, 0.2) is 16.6 Å². The number of methoxy groups -OCH3 is 2. The lowest BCUT2D eigenvalue weighted by molar-refractivity contribution is 0.102. The summed E-state index contributed by atoms with van der Waals surface area (Å²) in [5, 5.41) is 5.07. The number of amides is 1. The van der Waals surface area contributed by atoms with Gasteiger partial charge in [-0.3, -0.25) is 10.1 Å². The lowest BCUT2D eigenvalue weighted by atomic mass is 10.1. The number of sulfonamides is 1. The third-order valence-corrected chi connectivity index (χ3v) is 8.35. The van der Waals surface area contributed by atoms with Gasteiger partial charge in [0.1, 0.15) is 0 Å². The van der Waals surface area contributed by atoms with Crippen molar-refractivity contribution < 1.29 is 22.7 Å². The van der Waals surface area contributed by atoms with E-state index in [4.69, 9.17) is 9.47 Å². The molecule has 8 nitrogen and oxygen atoms in total. The molecule has 36 heavy (non-hydrogen) atoms. The van der Waals surface area contributed by atoms with E-state index in [9.17, 15) is 13.2 Å². The van der Waals surface area contributed by atoms with E-state index in [2.05, 4.69) is 10.3 Å². The lowest BCUT2D eigenvalue weighted by Gasteiger charge is -2.22. The van der Waals surface area contributed by atoms with Crippen LogP contribution < -0.4 is 14.8 Å². The summed E-state index contributed by atoms with van der Waals surface area (Å²) in [7, 11) is -0.470. The Kier molecular flexibility index (Phi) is 9.86. The average molecular weight is 532 g/mol.